The van der Waals surface area contributed by atoms with Gasteiger partial charge in [-0.1, -0.05) is 31.5 Å². The Bertz CT molecular complexity index is 530. The molecule has 5 nitrogen and oxygen atoms in total. The highest BCUT2D eigenvalue weighted by molar-refractivity contribution is 6.01. The molecule has 0 saturated carbocycles. The van der Waals surface area contributed by atoms with Crippen molar-refractivity contribution >= 4 is 17.7 Å². The van der Waals surface area contributed by atoms with Crippen molar-refractivity contribution in [3.63, 3.8) is 0 Å². The number of para-hydroxylation sites is 1. The summed E-state index contributed by atoms with van der Waals surface area (Å²) in [4.78, 5) is 27.4. The number of unbranched alkanes of at least 4 members (excludes halogenated alkanes) is 1. The van der Waals surface area contributed by atoms with E-state index in [1.54, 1.807) is 4.90 Å². The van der Waals surface area contributed by atoms with Gasteiger partial charge in [0.25, 0.3) is 0 Å². The number of carboxylic acid groups (broad SMARTS) is 1. The maximum atomic E-state index is 12.7. The number of carbonyl (C=O) groups excluding carboxylic acids is 1. The Morgan fingerprint density at radius 3 is 2.67 bits per heavy atom. The zero-order valence-corrected chi connectivity index (χ0v) is 12.6. The van der Waals surface area contributed by atoms with Gasteiger partial charge in [0.1, 0.15) is 6.04 Å². The summed E-state index contributed by atoms with van der Waals surface area (Å²) >= 11 is 0. The van der Waals surface area contributed by atoms with Gasteiger partial charge < -0.3 is 10.0 Å². The Morgan fingerprint density at radius 1 is 1.33 bits per heavy atom. The fourth-order valence-electron chi connectivity index (χ4n) is 2.71. The quantitative estimate of drug-likeness (QED) is 0.907. The van der Waals surface area contributed by atoms with Crippen molar-refractivity contribution < 1.29 is 14.7 Å². The van der Waals surface area contributed by atoms with Crippen molar-refractivity contribution in [1.29, 1.82) is 0 Å². The van der Waals surface area contributed by atoms with Gasteiger partial charge >= 0.3 is 12.0 Å². The summed E-state index contributed by atoms with van der Waals surface area (Å²) in [5.74, 6) is -0.953. The van der Waals surface area contributed by atoms with Gasteiger partial charge in [-0.15, -0.1) is 0 Å². The molecule has 0 aromatic heterocycles. The monoisotopic (exact) mass is 290 g/mol. The second kappa shape index (κ2) is 6.61. The maximum Gasteiger partial charge on any atom is 0.327 e. The van der Waals surface area contributed by atoms with Gasteiger partial charge in [0, 0.05) is 25.2 Å². The van der Waals surface area contributed by atoms with Gasteiger partial charge in [0.15, 0.2) is 0 Å². The Balaban J connectivity index is 2.29. The average Bonchev–Trinajstić information content (AvgIpc) is 2.87. The van der Waals surface area contributed by atoms with E-state index < -0.39 is 12.0 Å². The van der Waals surface area contributed by atoms with Crippen LogP contribution in [0.1, 0.15) is 32.3 Å². The number of rotatable bonds is 5. The van der Waals surface area contributed by atoms with E-state index in [-0.39, 0.29) is 6.03 Å². The van der Waals surface area contributed by atoms with Gasteiger partial charge in [-0.25, -0.2) is 9.59 Å². The summed E-state index contributed by atoms with van der Waals surface area (Å²) < 4.78 is 0. The van der Waals surface area contributed by atoms with Gasteiger partial charge in [-0.2, -0.15) is 0 Å². The first kappa shape index (κ1) is 15.4. The minimum Gasteiger partial charge on any atom is -0.480 e. The van der Waals surface area contributed by atoms with Crippen LogP contribution >= 0.6 is 0 Å². The number of urea groups is 1. The SMILES string of the molecule is CCCCN(CC)C(=O)N1c2ccccc2C[C@H]1C(=O)O. The summed E-state index contributed by atoms with van der Waals surface area (Å²) in [6.07, 6.45) is 2.30. The van der Waals surface area contributed by atoms with E-state index in [9.17, 15) is 14.7 Å². The van der Waals surface area contributed by atoms with Crippen molar-refractivity contribution in [2.45, 2.75) is 39.2 Å². The molecule has 21 heavy (non-hydrogen) atoms. The predicted molar refractivity (Wildman–Crippen MR) is 81.6 cm³/mol. The minimum atomic E-state index is -0.953. The fourth-order valence-corrected chi connectivity index (χ4v) is 2.71. The van der Waals surface area contributed by atoms with Crippen LogP contribution in [0.15, 0.2) is 24.3 Å². The minimum absolute atomic E-state index is 0.205. The molecule has 1 aliphatic heterocycles. The highest BCUT2D eigenvalue weighted by Crippen LogP contribution is 2.33. The van der Waals surface area contributed by atoms with E-state index in [4.69, 9.17) is 0 Å². The number of benzene rings is 1. The number of amides is 2. The molecule has 0 spiro atoms. The molecule has 0 fully saturated rings. The number of anilines is 1. The molecule has 2 amide bonds. The Hall–Kier alpha value is -2.04. The number of hydrogen-bond donors (Lipinski definition) is 1. The summed E-state index contributed by atoms with van der Waals surface area (Å²) in [5.41, 5.74) is 1.65. The lowest BCUT2D eigenvalue weighted by Gasteiger charge is -2.30. The molecule has 1 atom stereocenters. The Labute approximate surface area is 125 Å². The van der Waals surface area contributed by atoms with Crippen LogP contribution in [0, 0.1) is 0 Å². The van der Waals surface area contributed by atoms with Crippen LogP contribution in [0.3, 0.4) is 0 Å². The second-order valence-electron chi connectivity index (χ2n) is 5.27. The first-order chi connectivity index (χ1) is 10.1. The van der Waals surface area contributed by atoms with Crippen LogP contribution in [-0.4, -0.2) is 41.1 Å². The van der Waals surface area contributed by atoms with Crippen molar-refractivity contribution in [1.82, 2.24) is 4.90 Å². The molecule has 0 radical (unpaired) electrons. The topological polar surface area (TPSA) is 60.9 Å². The molecule has 0 unspecified atom stereocenters. The molecule has 0 aliphatic carbocycles. The van der Waals surface area contributed by atoms with Crippen LogP contribution in [-0.2, 0) is 11.2 Å². The Kier molecular flexibility index (Phi) is 4.83. The predicted octanol–water partition coefficient (Wildman–Crippen LogP) is 2.74. The number of carbonyl (C=O) groups is 2. The van der Waals surface area contributed by atoms with Gasteiger partial charge in [0.05, 0.1) is 0 Å². The molecule has 5 heteroatoms. The lowest BCUT2D eigenvalue weighted by molar-refractivity contribution is -0.138. The third kappa shape index (κ3) is 3.01. The van der Waals surface area contributed by atoms with E-state index in [1.165, 1.54) is 4.90 Å². The summed E-state index contributed by atoms with van der Waals surface area (Å²) in [7, 11) is 0. The van der Waals surface area contributed by atoms with Crippen LogP contribution in [0.5, 0.6) is 0 Å². The molecule has 1 N–H and O–H groups in total. The molecule has 1 heterocycles. The van der Waals surface area contributed by atoms with Crippen LogP contribution in [0.2, 0.25) is 0 Å². The molecule has 0 bridgehead atoms. The standard InChI is InChI=1S/C16H22N2O3/c1-3-5-10-17(4-2)16(21)18-13-9-7-6-8-12(13)11-14(18)15(19)20/h6-9,14H,3-5,10-11H2,1-2H3,(H,19,20)/t14-/m0/s1. The zero-order chi connectivity index (χ0) is 15.4. The number of carboxylic acids is 1. The van der Waals surface area contributed by atoms with Crippen molar-refractivity contribution in [3.8, 4) is 0 Å². The molecule has 1 aromatic rings. The van der Waals surface area contributed by atoms with Gasteiger partial charge in [0.2, 0.25) is 0 Å². The molecule has 0 saturated heterocycles. The smallest absolute Gasteiger partial charge is 0.327 e. The number of hydrogen-bond acceptors (Lipinski definition) is 2. The van der Waals surface area contributed by atoms with Crippen molar-refractivity contribution in [3.05, 3.63) is 29.8 Å². The van der Waals surface area contributed by atoms with E-state index in [0.29, 0.717) is 19.5 Å². The summed E-state index contributed by atoms with van der Waals surface area (Å²) in [5, 5.41) is 9.42. The lowest BCUT2D eigenvalue weighted by atomic mass is 10.1. The average molecular weight is 290 g/mol. The third-order valence-electron chi connectivity index (χ3n) is 3.90. The highest BCUT2D eigenvalue weighted by atomic mass is 16.4. The molecule has 1 aromatic carbocycles. The largest absolute Gasteiger partial charge is 0.480 e. The highest BCUT2D eigenvalue weighted by Gasteiger charge is 2.39. The maximum absolute atomic E-state index is 12.7. The molecule has 114 valence electrons. The first-order valence-electron chi connectivity index (χ1n) is 7.49. The van der Waals surface area contributed by atoms with E-state index in [1.807, 2.05) is 31.2 Å². The third-order valence-corrected chi connectivity index (χ3v) is 3.90. The second-order valence-corrected chi connectivity index (χ2v) is 5.27. The van der Waals surface area contributed by atoms with Gasteiger partial charge in [-0.3, -0.25) is 4.90 Å². The number of aliphatic carboxylic acids is 1. The molecule has 2 rings (SSSR count). The van der Waals surface area contributed by atoms with Crippen molar-refractivity contribution in [2.24, 2.45) is 0 Å². The van der Waals surface area contributed by atoms with Crippen LogP contribution < -0.4 is 4.90 Å². The van der Waals surface area contributed by atoms with E-state index in [0.717, 1.165) is 24.1 Å². The fraction of sp³-hybridized carbons (Fsp3) is 0.500. The summed E-state index contributed by atoms with van der Waals surface area (Å²) in [6.45, 7) is 5.25. The van der Waals surface area contributed by atoms with Crippen molar-refractivity contribution in [2.75, 3.05) is 18.0 Å². The summed E-state index contributed by atoms with van der Waals surface area (Å²) in [6, 6.07) is 6.42. The number of fused-ring (bicyclic) bond motifs is 1. The van der Waals surface area contributed by atoms with E-state index >= 15 is 0 Å². The van der Waals surface area contributed by atoms with Crippen LogP contribution in [0.25, 0.3) is 0 Å². The molecule has 1 aliphatic rings. The number of nitrogens with zero attached hydrogens (tertiary/aromatic N) is 2. The normalized spacial score (nSPS) is 16.7. The van der Waals surface area contributed by atoms with E-state index in [2.05, 4.69) is 6.92 Å². The first-order valence-corrected chi connectivity index (χ1v) is 7.49. The lowest BCUT2D eigenvalue weighted by Crippen LogP contribution is -2.50. The molecular formula is C16H22N2O3. The Morgan fingerprint density at radius 2 is 2.05 bits per heavy atom. The van der Waals surface area contributed by atoms with Gasteiger partial charge in [-0.05, 0) is 25.0 Å². The zero-order valence-electron chi connectivity index (χ0n) is 12.6. The molecular weight excluding hydrogens is 268 g/mol. The van der Waals surface area contributed by atoms with Crippen LogP contribution in [0.4, 0.5) is 10.5 Å².